The average molecular weight is 842 g/mol. The molecule has 2 fully saturated rings. The maximum atomic E-state index is 14.4. The van der Waals surface area contributed by atoms with Crippen LogP contribution in [0.25, 0.3) is 17.5 Å². The second-order valence-electron chi connectivity index (χ2n) is 16.9. The Kier molecular flexibility index (Phi) is 16.2. The van der Waals surface area contributed by atoms with Gasteiger partial charge in [-0.1, -0.05) is 52.8 Å². The summed E-state index contributed by atoms with van der Waals surface area (Å²) in [5.41, 5.74) is 3.73. The molecule has 0 aliphatic carbocycles. The van der Waals surface area contributed by atoms with Gasteiger partial charge in [-0.2, -0.15) is 0 Å². The van der Waals surface area contributed by atoms with E-state index in [1.54, 1.807) is 53.0 Å². The van der Waals surface area contributed by atoms with Gasteiger partial charge in [0.2, 0.25) is 5.89 Å². The number of hydrogen-bond donors (Lipinski definition) is 2. The van der Waals surface area contributed by atoms with E-state index in [1.807, 2.05) is 50.2 Å². The molecule has 3 heterocycles. The molecule has 1 aromatic heterocycles. The molecule has 2 saturated heterocycles. The first-order valence-corrected chi connectivity index (χ1v) is 20.6. The number of nitrogens with two attached hydrogens (primary N) is 1. The molecule has 3 N–H and O–H groups in total. The van der Waals surface area contributed by atoms with Crippen LogP contribution in [0.4, 0.5) is 9.59 Å². The van der Waals surface area contributed by atoms with Gasteiger partial charge in [0, 0.05) is 35.3 Å². The quantitative estimate of drug-likeness (QED) is 0.160. The first kappa shape index (κ1) is 48.0. The summed E-state index contributed by atoms with van der Waals surface area (Å²) in [6, 6.07) is 6.96. The van der Waals surface area contributed by atoms with Crippen LogP contribution < -0.4 is 5.73 Å². The Bertz CT molecular complexity index is 1820. The van der Waals surface area contributed by atoms with Gasteiger partial charge >= 0.3 is 18.2 Å². The summed E-state index contributed by atoms with van der Waals surface area (Å²) in [6.45, 7) is 14.3. The van der Waals surface area contributed by atoms with E-state index >= 15 is 0 Å². The highest BCUT2D eigenvalue weighted by molar-refractivity contribution is 6.00. The zero-order valence-corrected chi connectivity index (χ0v) is 36.6. The molecule has 0 spiro atoms. The molecule has 0 radical (unpaired) electrons. The van der Waals surface area contributed by atoms with Crippen LogP contribution in [0.2, 0.25) is 0 Å². The van der Waals surface area contributed by atoms with Crippen molar-refractivity contribution in [2.24, 2.45) is 35.3 Å². The first-order chi connectivity index (χ1) is 28.1. The molecule has 332 valence electrons. The largest absolute Gasteiger partial charge is 0.509 e. The maximum absolute atomic E-state index is 14.4. The van der Waals surface area contributed by atoms with Crippen LogP contribution in [0.1, 0.15) is 87.1 Å². The fraction of sp³-hybridized carbons (Fsp3) is 0.636. The van der Waals surface area contributed by atoms with Gasteiger partial charge in [-0.3, -0.25) is 14.4 Å². The average Bonchev–Trinajstić information content (AvgIpc) is 3.74. The maximum Gasteiger partial charge on any atom is 0.509 e. The van der Waals surface area contributed by atoms with Crippen LogP contribution in [-0.4, -0.2) is 113 Å². The van der Waals surface area contributed by atoms with Crippen LogP contribution in [0.15, 0.2) is 47.2 Å². The molecule has 4 rings (SSSR count). The number of aliphatic hydroxyl groups is 1. The molecule has 2 aliphatic rings. The van der Waals surface area contributed by atoms with Crippen LogP contribution in [0, 0.1) is 29.6 Å². The van der Waals surface area contributed by atoms with Gasteiger partial charge in [-0.25, -0.2) is 14.6 Å². The van der Waals surface area contributed by atoms with Crippen molar-refractivity contribution in [1.82, 2.24) is 9.88 Å². The Morgan fingerprint density at radius 1 is 1.00 bits per heavy atom. The zero-order valence-electron chi connectivity index (χ0n) is 36.6. The van der Waals surface area contributed by atoms with E-state index < -0.39 is 95.4 Å². The minimum atomic E-state index is -1.81. The van der Waals surface area contributed by atoms with Crippen molar-refractivity contribution in [3.05, 3.63) is 48.4 Å². The zero-order chi connectivity index (χ0) is 44.7. The fourth-order valence-electron chi connectivity index (χ4n) is 8.51. The Balaban J connectivity index is 1.73. The number of ketones is 2. The van der Waals surface area contributed by atoms with Crippen molar-refractivity contribution in [1.29, 1.82) is 0 Å². The second-order valence-corrected chi connectivity index (χ2v) is 16.9. The van der Waals surface area contributed by atoms with Crippen molar-refractivity contribution in [2.45, 2.75) is 130 Å². The number of aliphatic hydroxyl groups excluding tert-OH is 1. The van der Waals surface area contributed by atoms with Crippen molar-refractivity contribution >= 4 is 35.9 Å². The van der Waals surface area contributed by atoms with Crippen molar-refractivity contribution in [2.75, 3.05) is 20.7 Å². The lowest BCUT2D eigenvalue weighted by Gasteiger charge is -2.47. The number of ether oxygens (including phenoxy) is 6. The van der Waals surface area contributed by atoms with Crippen LogP contribution >= 0.6 is 0 Å². The third kappa shape index (κ3) is 11.2. The number of hydrogen-bond acceptors (Lipinski definition) is 15. The number of benzene rings is 1. The van der Waals surface area contributed by atoms with E-state index in [1.165, 1.54) is 27.0 Å². The lowest BCUT2D eigenvalue weighted by molar-refractivity contribution is -0.293. The summed E-state index contributed by atoms with van der Waals surface area (Å²) in [7, 11) is 3.63. The molecule has 1 aromatic carbocycles. The molecule has 2 aromatic rings. The number of carbonyl (C=O) groups excluding carboxylic acids is 5. The minimum Gasteiger partial charge on any atom is -0.458 e. The molecule has 2 aliphatic heterocycles. The number of esters is 1. The summed E-state index contributed by atoms with van der Waals surface area (Å²) in [6.07, 6.45) is -0.745. The molecule has 0 bridgehead atoms. The van der Waals surface area contributed by atoms with Crippen molar-refractivity contribution in [3.63, 3.8) is 0 Å². The normalized spacial score (nSPS) is 34.8. The van der Waals surface area contributed by atoms with Crippen LogP contribution in [-0.2, 0) is 42.8 Å². The van der Waals surface area contributed by atoms with Gasteiger partial charge in [-0.15, -0.1) is 0 Å². The third-order valence-electron chi connectivity index (χ3n) is 12.2. The van der Waals surface area contributed by atoms with Crippen LogP contribution in [0.5, 0.6) is 0 Å². The molecule has 16 nitrogen and oxygen atoms in total. The minimum absolute atomic E-state index is 0.166. The lowest BCUT2D eigenvalue weighted by Crippen LogP contribution is -2.60. The lowest BCUT2D eigenvalue weighted by atomic mass is 9.71. The first-order valence-electron chi connectivity index (χ1n) is 20.6. The number of primary amides is 1. The van der Waals surface area contributed by atoms with Gasteiger partial charge in [0.05, 0.1) is 12.3 Å². The highest BCUT2D eigenvalue weighted by atomic mass is 16.8. The standard InChI is InChI=1S/C44H63N3O13/c1-12-33-44(9,59-41(45)52)29(7)26(4)34(48)24(2)23-43(8,60-42(53)55-20-13-14-30-15-17-31(18-16-30)38-46-19-21-54-38)37(27(5)35(49)28(6)39(51)57-33)58-40-36(50)32(47(10)11)22-25(3)56-40/h13-19,21,24-29,32-33,36-37,40,50H,12,20,22-23H2,1-11H3,(H2,45,52)/b14-13+/t24-,25-,26-,27+,28-,29?,32+,33-,36-,37-,40+,43-,44+/m1/s1. The van der Waals surface area contributed by atoms with E-state index in [2.05, 4.69) is 4.98 Å². The van der Waals surface area contributed by atoms with Gasteiger partial charge in [0.1, 0.15) is 48.5 Å². The number of carbonyl (C=O) groups is 5. The predicted molar refractivity (Wildman–Crippen MR) is 219 cm³/mol. The van der Waals surface area contributed by atoms with Crippen molar-refractivity contribution in [3.8, 4) is 11.5 Å². The summed E-state index contributed by atoms with van der Waals surface area (Å²) in [5, 5.41) is 11.6. The third-order valence-corrected chi connectivity index (χ3v) is 12.2. The van der Waals surface area contributed by atoms with Gasteiger partial charge < -0.3 is 48.6 Å². The summed E-state index contributed by atoms with van der Waals surface area (Å²) in [4.78, 5) is 74.7. The van der Waals surface area contributed by atoms with Gasteiger partial charge in [-0.05, 0) is 84.8 Å². The summed E-state index contributed by atoms with van der Waals surface area (Å²) < 4.78 is 41.3. The van der Waals surface area contributed by atoms with E-state index in [4.69, 9.17) is 38.6 Å². The van der Waals surface area contributed by atoms with Crippen LogP contribution in [0.3, 0.4) is 0 Å². The van der Waals surface area contributed by atoms with E-state index in [0.717, 1.165) is 11.1 Å². The highest BCUT2D eigenvalue weighted by Crippen LogP contribution is 2.41. The number of Topliss-reactive ketones (excluding diaryl/α,β-unsaturated/α-hetero) is 2. The fourth-order valence-corrected chi connectivity index (χ4v) is 8.51. The molecule has 60 heavy (non-hydrogen) atoms. The number of aromatic nitrogens is 1. The van der Waals surface area contributed by atoms with Crippen molar-refractivity contribution < 1.29 is 61.9 Å². The Labute approximate surface area is 352 Å². The second kappa shape index (κ2) is 20.3. The number of oxazole rings is 1. The smallest absolute Gasteiger partial charge is 0.458 e. The molecule has 1 unspecified atom stereocenters. The van der Waals surface area contributed by atoms with E-state index in [0.29, 0.717) is 12.3 Å². The topological polar surface area (TPSA) is 216 Å². The Morgan fingerprint density at radius 3 is 2.25 bits per heavy atom. The van der Waals surface area contributed by atoms with E-state index in [9.17, 15) is 29.1 Å². The van der Waals surface area contributed by atoms with Gasteiger partial charge in [0.25, 0.3) is 0 Å². The Hall–Kier alpha value is -4.64. The predicted octanol–water partition coefficient (Wildman–Crippen LogP) is 5.98. The molecule has 1 amide bonds. The Morgan fingerprint density at radius 2 is 1.67 bits per heavy atom. The number of nitrogens with zero attached hydrogens (tertiary/aromatic N) is 2. The molecule has 16 heteroatoms. The molecular formula is C44H63N3O13. The van der Waals surface area contributed by atoms with Gasteiger partial charge in [0.15, 0.2) is 17.7 Å². The molecule has 0 saturated carbocycles. The monoisotopic (exact) mass is 841 g/mol. The SMILES string of the molecule is CC[C@H]1OC(=O)[C@H](C)C(=O)[C@H](C)[C@@H](O[C@@H]2O[C@H](C)C[C@H](N(C)C)[C@H]2O)[C@](C)(OC(=O)OC/C=C/c2ccc(-c3ncco3)cc2)C[C@@H](C)C(=O)[C@H](C)C(C)[C@]1(C)OC(N)=O. The molecule has 13 atom stereocenters. The molecular weight excluding hydrogens is 778 g/mol. The summed E-state index contributed by atoms with van der Waals surface area (Å²) >= 11 is 0. The number of likely N-dealkylation sites (N-methyl/N-ethyl adjacent to an activating group) is 1. The summed E-state index contributed by atoms with van der Waals surface area (Å²) in [5.74, 6) is -6.41. The number of cyclic esters (lactones) is 1. The highest BCUT2D eigenvalue weighted by Gasteiger charge is 2.54. The van der Waals surface area contributed by atoms with E-state index in [-0.39, 0.29) is 31.3 Å². The number of rotatable bonds is 10. The number of amides is 1.